The number of rotatable bonds is 8. The van der Waals surface area contributed by atoms with Crippen molar-refractivity contribution in [3.8, 4) is 0 Å². The first-order chi connectivity index (χ1) is 29.4. The van der Waals surface area contributed by atoms with Gasteiger partial charge < -0.3 is 29.3 Å². The van der Waals surface area contributed by atoms with Crippen molar-refractivity contribution in [2.75, 3.05) is 26.5 Å². The molecule has 0 bridgehead atoms. The Morgan fingerprint density at radius 3 is 1.42 bits per heavy atom. The normalized spacial score (nSPS) is 21.7. The summed E-state index contributed by atoms with van der Waals surface area (Å²) in [6.07, 6.45) is -11.2. The molecule has 65 heavy (non-hydrogen) atoms. The van der Waals surface area contributed by atoms with Gasteiger partial charge in [-0.25, -0.2) is 17.6 Å². The standard InChI is InChI=1S/C19H19Cl2F5NO3PS.C16H15Cl2F2NO2.C3H5ClF3OPS/c1-10-7-11(20)8-12(21)13(10)14-15(30-31(2,32)29-9-19(24,25)26)17(27-16(14)28)3-5-18(22,23)6-4-17;1-8-6-9(17)7-10(18)11(8)12-13(22)15(21-14(12)23)2-4-16(19,20)5-3-15;1-9(4,10)8-2-3(5,6)7/h7-8H,3-6,9H2,1-2H3,(H,27,28);6-7,22H,2-5H2,1H3,(H,21,23);2H2,1H3. The fraction of sp³-hybridized carbons (Fsp3) is 0.526. The molecule has 2 aromatic rings. The summed E-state index contributed by atoms with van der Waals surface area (Å²) in [4.78, 5) is 25.4. The minimum Gasteiger partial charge on any atom is -0.509 e. The molecule has 2 aromatic carbocycles. The molecule has 8 nitrogen and oxygen atoms in total. The number of aliphatic hydroxyl groups excluding tert-OH is 1. The van der Waals surface area contributed by atoms with Gasteiger partial charge in [0, 0.05) is 60.2 Å². The number of carbonyl (C=O) groups is 2. The van der Waals surface area contributed by atoms with E-state index in [1.165, 1.54) is 25.5 Å². The number of nitrogens with one attached hydrogen (secondary N) is 2. The molecule has 0 aromatic heterocycles. The van der Waals surface area contributed by atoms with E-state index in [0.29, 0.717) is 26.7 Å². The first-order valence-electron chi connectivity index (χ1n) is 18.9. The van der Waals surface area contributed by atoms with E-state index in [1.54, 1.807) is 26.0 Å². The van der Waals surface area contributed by atoms with Crippen LogP contribution in [0.5, 0.6) is 0 Å². The zero-order chi connectivity index (χ0) is 49.5. The summed E-state index contributed by atoms with van der Waals surface area (Å²) in [6.45, 7) is -0.768. The number of benzene rings is 2. The third-order valence-electron chi connectivity index (χ3n) is 10.4. The van der Waals surface area contributed by atoms with Gasteiger partial charge in [0.2, 0.25) is 18.3 Å². The number of alkyl halides is 10. The van der Waals surface area contributed by atoms with E-state index in [-0.39, 0.29) is 76.8 Å². The van der Waals surface area contributed by atoms with Gasteiger partial charge in [-0.1, -0.05) is 69.5 Å². The zero-order valence-electron chi connectivity index (χ0n) is 34.2. The van der Waals surface area contributed by atoms with Gasteiger partial charge in [0.05, 0.1) is 32.3 Å². The maximum atomic E-state index is 13.9. The Morgan fingerprint density at radius 1 is 0.662 bits per heavy atom. The average molecular weight is 1110 g/mol. The molecule has 0 saturated heterocycles. The molecular formula is C38H39Cl5F10N2O6P2S2. The Hall–Kier alpha value is -1.57. The number of hydrogen-bond donors (Lipinski definition) is 3. The van der Waals surface area contributed by atoms with Crippen LogP contribution < -0.4 is 10.6 Å². The predicted molar refractivity (Wildman–Crippen MR) is 239 cm³/mol. The van der Waals surface area contributed by atoms with Gasteiger partial charge in [0.1, 0.15) is 23.7 Å². The number of hydrogen-bond acceptors (Lipinski definition) is 8. The molecule has 2 atom stereocenters. The SMILES string of the molecule is CP(=S)(Cl)OCC(F)(F)F.Cc1cc(Cl)cc(Cl)c1C1=C(O)C2(CCC(F)(F)CC2)NC1=O.Cc1cc(Cl)cc(Cl)c1C1=C(OP(C)(=S)OCC(F)(F)F)C2(CCC(F)(F)CC2)NC1=O. The van der Waals surface area contributed by atoms with Crippen LogP contribution in [0.3, 0.4) is 0 Å². The second-order valence-corrected chi connectivity index (χ2v) is 27.8. The van der Waals surface area contributed by atoms with Crippen molar-refractivity contribution >= 4 is 116 Å². The van der Waals surface area contributed by atoms with Crippen LogP contribution in [-0.2, 0) is 46.8 Å². The smallest absolute Gasteiger partial charge is 0.412 e. The molecule has 364 valence electrons. The van der Waals surface area contributed by atoms with E-state index in [0.717, 1.165) is 0 Å². The Bertz CT molecular complexity index is 2300. The fourth-order valence-corrected chi connectivity index (χ4v) is 10.8. The molecule has 3 N–H and O–H groups in total. The highest BCUT2D eigenvalue weighted by molar-refractivity contribution is 8.24. The van der Waals surface area contributed by atoms with E-state index < -0.39 is 85.3 Å². The van der Waals surface area contributed by atoms with E-state index in [9.17, 15) is 58.6 Å². The summed E-state index contributed by atoms with van der Waals surface area (Å²) in [5, 5.41) is 17.1. The van der Waals surface area contributed by atoms with Gasteiger partial charge in [-0.15, -0.1) is 0 Å². The number of aryl methyl sites for hydroxylation is 2. The maximum Gasteiger partial charge on any atom is 0.412 e. The van der Waals surface area contributed by atoms with Crippen LogP contribution in [0.15, 0.2) is 35.8 Å². The van der Waals surface area contributed by atoms with E-state index >= 15 is 0 Å². The first kappa shape index (κ1) is 56.0. The van der Waals surface area contributed by atoms with Crippen molar-refractivity contribution in [2.24, 2.45) is 0 Å². The van der Waals surface area contributed by atoms with Crippen LogP contribution in [0, 0.1) is 13.8 Å². The zero-order valence-corrected chi connectivity index (χ0v) is 41.5. The van der Waals surface area contributed by atoms with Gasteiger partial charge in [0.15, 0.2) is 6.61 Å². The minimum absolute atomic E-state index is 0.00860. The summed E-state index contributed by atoms with van der Waals surface area (Å²) in [6, 6.07) is 6.06. The predicted octanol–water partition coefficient (Wildman–Crippen LogP) is 14.0. The fourth-order valence-electron chi connectivity index (χ4n) is 7.36. The second-order valence-electron chi connectivity index (χ2n) is 15.8. The van der Waals surface area contributed by atoms with Gasteiger partial charge in [-0.2, -0.15) is 26.3 Å². The van der Waals surface area contributed by atoms with Crippen molar-refractivity contribution in [2.45, 2.75) is 100 Å². The third-order valence-corrected chi connectivity index (χ3v) is 14.2. The minimum atomic E-state index is -4.65. The topological polar surface area (TPSA) is 106 Å². The lowest BCUT2D eigenvalue weighted by Crippen LogP contribution is -2.49. The summed E-state index contributed by atoms with van der Waals surface area (Å²) in [5.41, 5.74) is -3.41. The lowest BCUT2D eigenvalue weighted by atomic mass is 9.78. The van der Waals surface area contributed by atoms with Crippen LogP contribution in [0.25, 0.3) is 11.1 Å². The van der Waals surface area contributed by atoms with Gasteiger partial charge >= 0.3 is 12.4 Å². The lowest BCUT2D eigenvalue weighted by molar-refractivity contribution is -0.153. The first-order valence-corrected chi connectivity index (χ1v) is 27.5. The average Bonchev–Trinajstić information content (AvgIpc) is 3.52. The molecule has 2 aliphatic carbocycles. The molecule has 2 unspecified atom stereocenters. The van der Waals surface area contributed by atoms with E-state index in [4.69, 9.17) is 78.5 Å². The van der Waals surface area contributed by atoms with E-state index in [1.807, 2.05) is 0 Å². The van der Waals surface area contributed by atoms with Gasteiger partial charge in [0.25, 0.3) is 11.8 Å². The molecule has 0 radical (unpaired) electrons. The Morgan fingerprint density at radius 2 is 1.03 bits per heavy atom. The van der Waals surface area contributed by atoms with Crippen LogP contribution >= 0.6 is 69.8 Å². The Labute approximate surface area is 402 Å². The monoisotopic (exact) mass is 1110 g/mol. The molecule has 2 amide bonds. The largest absolute Gasteiger partial charge is 0.509 e. The van der Waals surface area contributed by atoms with Gasteiger partial charge in [-0.05, 0) is 86.7 Å². The van der Waals surface area contributed by atoms with Crippen LogP contribution in [0.4, 0.5) is 43.9 Å². The highest BCUT2D eigenvalue weighted by Crippen LogP contribution is 2.57. The summed E-state index contributed by atoms with van der Waals surface area (Å²) < 4.78 is 142. The molecular weight excluding hydrogens is 1070 g/mol. The molecule has 2 heterocycles. The Balaban J connectivity index is 0.000000243. The summed E-state index contributed by atoms with van der Waals surface area (Å²) in [5.74, 6) is -7.16. The number of halogens is 15. The molecule has 2 spiro atoms. The number of amides is 2. The highest BCUT2D eigenvalue weighted by atomic mass is 35.7. The maximum absolute atomic E-state index is 13.9. The van der Waals surface area contributed by atoms with Crippen molar-refractivity contribution in [3.05, 3.63) is 78.1 Å². The molecule has 27 heteroatoms. The third kappa shape index (κ3) is 15.0. The van der Waals surface area contributed by atoms with Crippen molar-refractivity contribution in [3.63, 3.8) is 0 Å². The van der Waals surface area contributed by atoms with Crippen LogP contribution in [0.2, 0.25) is 20.1 Å². The summed E-state index contributed by atoms with van der Waals surface area (Å²) in [7, 11) is 0. The Kier molecular flexibility index (Phi) is 17.6. The molecule has 2 aliphatic heterocycles. The number of carbonyl (C=O) groups excluding carboxylic acids is 2. The quantitative estimate of drug-likeness (QED) is 0.177. The van der Waals surface area contributed by atoms with Crippen molar-refractivity contribution < 1.29 is 72.2 Å². The van der Waals surface area contributed by atoms with Crippen molar-refractivity contribution in [1.29, 1.82) is 0 Å². The van der Waals surface area contributed by atoms with Crippen LogP contribution in [0.1, 0.15) is 73.6 Å². The lowest BCUT2D eigenvalue weighted by Gasteiger charge is -2.39. The van der Waals surface area contributed by atoms with Crippen LogP contribution in [-0.4, -0.2) is 78.7 Å². The molecule has 6 rings (SSSR count). The van der Waals surface area contributed by atoms with Gasteiger partial charge in [-0.3, -0.25) is 9.59 Å². The molecule has 2 saturated carbocycles. The highest BCUT2D eigenvalue weighted by Gasteiger charge is 2.55. The van der Waals surface area contributed by atoms with Crippen molar-refractivity contribution in [1.82, 2.24) is 10.6 Å². The molecule has 2 fully saturated rings. The number of aliphatic hydroxyl groups is 1. The molecule has 4 aliphatic rings. The second kappa shape index (κ2) is 20.4. The summed E-state index contributed by atoms with van der Waals surface area (Å²) >= 11 is 39.3. The van der Waals surface area contributed by atoms with E-state index in [2.05, 4.69) is 27.0 Å².